The average Bonchev–Trinajstić information content (AvgIpc) is 3.23. The van der Waals surface area contributed by atoms with Crippen LogP contribution < -0.4 is 16.0 Å². The summed E-state index contributed by atoms with van der Waals surface area (Å²) in [6.45, 7) is -0.381. The van der Waals surface area contributed by atoms with E-state index in [0.29, 0.717) is 5.69 Å². The number of aromatic nitrogens is 3. The molecule has 1 saturated heterocycles. The van der Waals surface area contributed by atoms with Gasteiger partial charge < -0.3 is 10.6 Å². The van der Waals surface area contributed by atoms with Crippen molar-refractivity contribution in [2.24, 2.45) is 5.92 Å². The van der Waals surface area contributed by atoms with Crippen LogP contribution in [-0.4, -0.2) is 50.8 Å². The van der Waals surface area contributed by atoms with E-state index in [-0.39, 0.29) is 12.2 Å². The third kappa shape index (κ3) is 3.41. The van der Waals surface area contributed by atoms with E-state index in [4.69, 9.17) is 0 Å². The fourth-order valence-electron chi connectivity index (χ4n) is 3.45. The molecule has 1 aliphatic carbocycles. The summed E-state index contributed by atoms with van der Waals surface area (Å²) in [4.78, 5) is 37.4. The maximum absolute atomic E-state index is 13.3. The summed E-state index contributed by atoms with van der Waals surface area (Å²) < 4.78 is 39.6. The van der Waals surface area contributed by atoms with Gasteiger partial charge in [-0.3, -0.25) is 14.9 Å². The molecule has 4 rings (SSSR count). The van der Waals surface area contributed by atoms with Gasteiger partial charge >= 0.3 is 6.03 Å². The van der Waals surface area contributed by atoms with Gasteiger partial charge in [0.05, 0.1) is 18.4 Å². The number of alkyl halides is 2. The van der Waals surface area contributed by atoms with Gasteiger partial charge in [-0.1, -0.05) is 0 Å². The van der Waals surface area contributed by atoms with Crippen LogP contribution in [0.5, 0.6) is 0 Å². The topological polar surface area (TPSA) is 118 Å². The van der Waals surface area contributed by atoms with Crippen molar-refractivity contribution in [3.05, 3.63) is 42.0 Å². The Kier molecular flexibility index (Phi) is 4.28. The monoisotopic (exact) mass is 408 g/mol. The number of rotatable bonds is 5. The number of benzene rings is 1. The number of carbonyl (C=O) groups is 3. The average molecular weight is 408 g/mol. The first-order valence-electron chi connectivity index (χ1n) is 8.66. The fourth-order valence-corrected chi connectivity index (χ4v) is 3.45. The molecule has 0 radical (unpaired) electrons. The third-order valence-electron chi connectivity index (χ3n) is 5.07. The molecule has 1 aromatic heterocycles. The molecule has 12 heteroatoms. The van der Waals surface area contributed by atoms with Crippen LogP contribution in [0.3, 0.4) is 0 Å². The van der Waals surface area contributed by atoms with Crippen LogP contribution >= 0.6 is 0 Å². The number of nitrogens with zero attached hydrogens (tertiary/aromatic N) is 3. The molecule has 1 unspecified atom stereocenters. The Morgan fingerprint density at radius 2 is 1.93 bits per heavy atom. The van der Waals surface area contributed by atoms with Crippen LogP contribution in [0.1, 0.15) is 23.3 Å². The first-order chi connectivity index (χ1) is 13.7. The molecule has 4 amide bonds. The maximum atomic E-state index is 13.3. The van der Waals surface area contributed by atoms with Crippen LogP contribution in [0.4, 0.5) is 18.0 Å². The zero-order chi connectivity index (χ0) is 20.8. The predicted molar refractivity (Wildman–Crippen MR) is 90.7 cm³/mol. The van der Waals surface area contributed by atoms with Gasteiger partial charge in [0.15, 0.2) is 5.69 Å². The van der Waals surface area contributed by atoms with Gasteiger partial charge in [0, 0.05) is 18.8 Å². The van der Waals surface area contributed by atoms with Gasteiger partial charge in [0.25, 0.3) is 11.8 Å². The minimum absolute atomic E-state index is 0.104. The summed E-state index contributed by atoms with van der Waals surface area (Å²) in [6, 6.07) is 4.44. The quantitative estimate of drug-likeness (QED) is 0.632. The smallest absolute Gasteiger partial charge is 0.322 e. The van der Waals surface area contributed by atoms with E-state index < -0.39 is 53.9 Å². The molecule has 1 saturated carbocycles. The SMILES string of the molecule is O=C1NC(=O)C(CNC(=O)c2cnn(-c3ccc(F)cc3)n2)(C2CC(F)(F)C2)N1. The molecular weight excluding hydrogens is 393 g/mol. The van der Waals surface area contributed by atoms with Crippen LogP contribution in [0.2, 0.25) is 0 Å². The second-order valence-electron chi connectivity index (χ2n) is 7.02. The molecule has 29 heavy (non-hydrogen) atoms. The largest absolute Gasteiger partial charge is 0.348 e. The normalized spacial score (nSPS) is 23.3. The van der Waals surface area contributed by atoms with Gasteiger partial charge in [-0.15, -0.1) is 5.10 Å². The van der Waals surface area contributed by atoms with Crippen LogP contribution in [0.25, 0.3) is 5.69 Å². The number of carbonyl (C=O) groups excluding carboxylic acids is 3. The molecule has 152 valence electrons. The number of halogens is 3. The van der Waals surface area contributed by atoms with E-state index in [9.17, 15) is 27.6 Å². The third-order valence-corrected chi connectivity index (χ3v) is 5.07. The van der Waals surface area contributed by atoms with Crippen molar-refractivity contribution in [3.63, 3.8) is 0 Å². The molecule has 2 fully saturated rings. The van der Waals surface area contributed by atoms with Crippen molar-refractivity contribution in [3.8, 4) is 5.69 Å². The van der Waals surface area contributed by atoms with Crippen LogP contribution in [0.15, 0.2) is 30.5 Å². The number of hydrogen-bond donors (Lipinski definition) is 3. The lowest BCUT2D eigenvalue weighted by molar-refractivity contribution is -0.148. The highest BCUT2D eigenvalue weighted by Crippen LogP contribution is 2.48. The summed E-state index contributed by atoms with van der Waals surface area (Å²) >= 11 is 0. The summed E-state index contributed by atoms with van der Waals surface area (Å²) in [5, 5.41) is 14.7. The Morgan fingerprint density at radius 3 is 2.52 bits per heavy atom. The zero-order valence-electron chi connectivity index (χ0n) is 14.8. The van der Waals surface area contributed by atoms with Gasteiger partial charge in [-0.05, 0) is 24.3 Å². The number of urea groups is 1. The highest BCUT2D eigenvalue weighted by atomic mass is 19.3. The van der Waals surface area contributed by atoms with Crippen LogP contribution in [0, 0.1) is 11.7 Å². The van der Waals surface area contributed by atoms with E-state index in [1.807, 2.05) is 5.32 Å². The Labute approximate surface area is 161 Å². The van der Waals surface area contributed by atoms with Gasteiger partial charge in [-0.2, -0.15) is 9.90 Å². The highest BCUT2D eigenvalue weighted by molar-refractivity contribution is 6.08. The standard InChI is InChI=1S/C17H15F3N6O3/c18-10-1-3-11(4-2-10)26-22-7-12(25-26)13(27)21-8-17(9-5-16(19,20)6-9)14(28)23-15(29)24-17/h1-4,7,9H,5-6,8H2,(H,21,27)(H2,23,24,28,29). The lowest BCUT2D eigenvalue weighted by Gasteiger charge is -2.44. The Bertz CT molecular complexity index is 985. The highest BCUT2D eigenvalue weighted by Gasteiger charge is 2.61. The van der Waals surface area contributed by atoms with E-state index >= 15 is 0 Å². The number of amides is 4. The molecule has 2 aromatic rings. The summed E-state index contributed by atoms with van der Waals surface area (Å²) in [6.07, 6.45) is 0.0187. The Morgan fingerprint density at radius 1 is 1.24 bits per heavy atom. The minimum Gasteiger partial charge on any atom is -0.348 e. The minimum atomic E-state index is -2.91. The maximum Gasteiger partial charge on any atom is 0.322 e. The van der Waals surface area contributed by atoms with Crippen molar-refractivity contribution in [2.75, 3.05) is 6.54 Å². The summed E-state index contributed by atoms with van der Waals surface area (Å²) in [5.41, 5.74) is -1.34. The predicted octanol–water partition coefficient (Wildman–Crippen LogP) is 0.760. The summed E-state index contributed by atoms with van der Waals surface area (Å²) in [7, 11) is 0. The van der Waals surface area contributed by atoms with Crippen molar-refractivity contribution >= 4 is 17.8 Å². The number of hydrogen-bond acceptors (Lipinski definition) is 5. The molecule has 2 heterocycles. The molecule has 1 aromatic carbocycles. The van der Waals surface area contributed by atoms with E-state index in [1.165, 1.54) is 24.3 Å². The lowest BCUT2D eigenvalue weighted by atomic mass is 9.68. The van der Waals surface area contributed by atoms with E-state index in [0.717, 1.165) is 11.0 Å². The molecular formula is C17H15F3N6O3. The molecule has 3 N–H and O–H groups in total. The zero-order valence-corrected chi connectivity index (χ0v) is 14.8. The molecule has 1 aliphatic heterocycles. The molecule has 0 spiro atoms. The fraction of sp³-hybridized carbons (Fsp3) is 0.353. The number of nitrogens with one attached hydrogen (secondary N) is 3. The molecule has 2 aliphatic rings. The number of imide groups is 1. The second-order valence-corrected chi connectivity index (χ2v) is 7.02. The van der Waals surface area contributed by atoms with Crippen molar-refractivity contribution in [1.82, 2.24) is 30.9 Å². The lowest BCUT2D eigenvalue weighted by Crippen LogP contribution is -2.64. The van der Waals surface area contributed by atoms with Crippen molar-refractivity contribution in [2.45, 2.75) is 24.3 Å². The molecule has 1 atom stereocenters. The summed E-state index contributed by atoms with van der Waals surface area (Å²) in [5.74, 6) is -5.65. The van der Waals surface area contributed by atoms with E-state index in [1.54, 1.807) is 0 Å². The van der Waals surface area contributed by atoms with Crippen molar-refractivity contribution < 1.29 is 27.6 Å². The van der Waals surface area contributed by atoms with Crippen molar-refractivity contribution in [1.29, 1.82) is 0 Å². The second kappa shape index (κ2) is 6.57. The van der Waals surface area contributed by atoms with Gasteiger partial charge in [-0.25, -0.2) is 18.0 Å². The first kappa shape index (κ1) is 18.9. The Balaban J connectivity index is 1.47. The van der Waals surface area contributed by atoms with Gasteiger partial charge in [0.2, 0.25) is 5.92 Å². The van der Waals surface area contributed by atoms with Crippen LogP contribution in [-0.2, 0) is 4.79 Å². The van der Waals surface area contributed by atoms with E-state index in [2.05, 4.69) is 20.8 Å². The molecule has 9 nitrogen and oxygen atoms in total. The van der Waals surface area contributed by atoms with Gasteiger partial charge in [0.1, 0.15) is 11.4 Å². The first-order valence-corrected chi connectivity index (χ1v) is 8.66. The molecule has 0 bridgehead atoms. The Hall–Kier alpha value is -3.44.